The fourth-order valence-corrected chi connectivity index (χ4v) is 3.98. The highest BCUT2D eigenvalue weighted by Crippen LogP contribution is 2.21. The molecule has 6 heteroatoms. The van der Waals surface area contributed by atoms with Crippen molar-refractivity contribution in [1.29, 1.82) is 0 Å². The summed E-state index contributed by atoms with van der Waals surface area (Å²) >= 11 is 0. The smallest absolute Gasteiger partial charge is 0.251 e. The SMILES string of the molecule is COc1ccc(C(=O)NCCc2nc3ccccc3n2CCCOc2cccc(C)c2C)cc1. The molecule has 0 saturated carbocycles. The molecule has 1 amide bonds. The van der Waals surface area contributed by atoms with Crippen LogP contribution >= 0.6 is 0 Å². The van der Waals surface area contributed by atoms with E-state index in [0.717, 1.165) is 41.3 Å². The van der Waals surface area contributed by atoms with E-state index in [2.05, 4.69) is 35.9 Å². The van der Waals surface area contributed by atoms with Gasteiger partial charge in [0.15, 0.2) is 0 Å². The van der Waals surface area contributed by atoms with Gasteiger partial charge in [0.2, 0.25) is 0 Å². The van der Waals surface area contributed by atoms with Crippen LogP contribution in [0.5, 0.6) is 11.5 Å². The molecule has 0 spiro atoms. The molecule has 6 nitrogen and oxygen atoms in total. The second-order valence-corrected chi connectivity index (χ2v) is 8.30. The number of hydrogen-bond donors (Lipinski definition) is 1. The largest absolute Gasteiger partial charge is 0.497 e. The van der Waals surface area contributed by atoms with Crippen LogP contribution in [0, 0.1) is 13.8 Å². The first kappa shape index (κ1) is 23.4. The third kappa shape index (κ3) is 5.39. The van der Waals surface area contributed by atoms with Gasteiger partial charge in [0, 0.05) is 25.1 Å². The standard InChI is InChI=1S/C28H31N3O3/c1-20-8-6-11-26(21(20)2)34-19-7-18-31-25-10-5-4-9-24(25)30-27(31)16-17-29-28(32)22-12-14-23(33-3)15-13-22/h4-6,8-15H,7,16-19H2,1-3H3,(H,29,32). The van der Waals surface area contributed by atoms with E-state index < -0.39 is 0 Å². The number of aryl methyl sites for hydroxylation is 2. The number of ether oxygens (including phenoxy) is 2. The quantitative estimate of drug-likeness (QED) is 0.336. The van der Waals surface area contributed by atoms with Gasteiger partial charge in [-0.3, -0.25) is 4.79 Å². The van der Waals surface area contributed by atoms with Crippen molar-refractivity contribution >= 4 is 16.9 Å². The maximum Gasteiger partial charge on any atom is 0.251 e. The van der Waals surface area contributed by atoms with Crippen molar-refractivity contribution in [3.63, 3.8) is 0 Å². The Balaban J connectivity index is 1.37. The molecule has 0 atom stereocenters. The number of para-hydroxylation sites is 2. The van der Waals surface area contributed by atoms with Crippen LogP contribution in [-0.4, -0.2) is 35.7 Å². The molecule has 0 fully saturated rings. The third-order valence-electron chi connectivity index (χ3n) is 6.06. The number of nitrogens with zero attached hydrogens (tertiary/aromatic N) is 2. The van der Waals surface area contributed by atoms with E-state index in [1.54, 1.807) is 31.4 Å². The predicted octanol–water partition coefficient (Wildman–Crippen LogP) is 5.10. The summed E-state index contributed by atoms with van der Waals surface area (Å²) in [7, 11) is 1.61. The number of carbonyl (C=O) groups excluding carboxylic acids is 1. The number of methoxy groups -OCH3 is 1. The van der Waals surface area contributed by atoms with Gasteiger partial charge in [-0.15, -0.1) is 0 Å². The summed E-state index contributed by atoms with van der Waals surface area (Å²) in [5.74, 6) is 2.53. The number of carbonyl (C=O) groups is 1. The van der Waals surface area contributed by atoms with Gasteiger partial charge < -0.3 is 19.4 Å². The summed E-state index contributed by atoms with van der Waals surface area (Å²) in [5, 5.41) is 3.00. The summed E-state index contributed by atoms with van der Waals surface area (Å²) < 4.78 is 13.4. The molecule has 0 aliphatic carbocycles. The van der Waals surface area contributed by atoms with E-state index in [4.69, 9.17) is 14.5 Å². The van der Waals surface area contributed by atoms with Crippen molar-refractivity contribution in [3.8, 4) is 11.5 Å². The molecule has 1 heterocycles. The normalized spacial score (nSPS) is 10.9. The Hall–Kier alpha value is -3.80. The zero-order valence-corrected chi connectivity index (χ0v) is 20.0. The molecule has 1 N–H and O–H groups in total. The van der Waals surface area contributed by atoms with Gasteiger partial charge in [0.05, 0.1) is 24.8 Å². The molecule has 0 bridgehead atoms. The fourth-order valence-electron chi connectivity index (χ4n) is 3.98. The van der Waals surface area contributed by atoms with Crippen LogP contribution in [0.25, 0.3) is 11.0 Å². The average Bonchev–Trinajstić information content (AvgIpc) is 3.21. The van der Waals surface area contributed by atoms with Gasteiger partial charge in [-0.2, -0.15) is 0 Å². The molecular weight excluding hydrogens is 426 g/mol. The molecule has 34 heavy (non-hydrogen) atoms. The van der Waals surface area contributed by atoms with Crippen LogP contribution in [0.15, 0.2) is 66.7 Å². The number of fused-ring (bicyclic) bond motifs is 1. The summed E-state index contributed by atoms with van der Waals surface area (Å²) in [6, 6.07) is 21.4. The maximum absolute atomic E-state index is 12.5. The first-order valence-corrected chi connectivity index (χ1v) is 11.6. The van der Waals surface area contributed by atoms with Crippen LogP contribution < -0.4 is 14.8 Å². The highest BCUT2D eigenvalue weighted by atomic mass is 16.5. The second kappa shape index (κ2) is 10.9. The highest BCUT2D eigenvalue weighted by Gasteiger charge is 2.12. The van der Waals surface area contributed by atoms with E-state index >= 15 is 0 Å². The topological polar surface area (TPSA) is 65.4 Å². The second-order valence-electron chi connectivity index (χ2n) is 8.30. The van der Waals surface area contributed by atoms with Crippen LogP contribution in [-0.2, 0) is 13.0 Å². The van der Waals surface area contributed by atoms with E-state index in [9.17, 15) is 4.79 Å². The number of rotatable bonds is 10. The zero-order chi connectivity index (χ0) is 23.9. The average molecular weight is 458 g/mol. The van der Waals surface area contributed by atoms with Gasteiger partial charge in [0.1, 0.15) is 17.3 Å². The molecule has 176 valence electrons. The van der Waals surface area contributed by atoms with E-state index in [1.165, 1.54) is 11.1 Å². The van der Waals surface area contributed by atoms with Gasteiger partial charge >= 0.3 is 0 Å². The lowest BCUT2D eigenvalue weighted by molar-refractivity contribution is 0.0954. The lowest BCUT2D eigenvalue weighted by atomic mass is 10.1. The summed E-state index contributed by atoms with van der Waals surface area (Å²) in [6.07, 6.45) is 1.51. The molecule has 4 rings (SSSR count). The Morgan fingerprint density at radius 2 is 1.79 bits per heavy atom. The van der Waals surface area contributed by atoms with Gasteiger partial charge in [-0.05, 0) is 73.9 Å². The lowest BCUT2D eigenvalue weighted by Crippen LogP contribution is -2.26. The molecule has 0 radical (unpaired) electrons. The fraction of sp³-hybridized carbons (Fsp3) is 0.286. The van der Waals surface area contributed by atoms with Crippen LogP contribution in [0.2, 0.25) is 0 Å². The summed E-state index contributed by atoms with van der Waals surface area (Å²) in [6.45, 7) is 6.12. The van der Waals surface area contributed by atoms with Crippen molar-refractivity contribution in [3.05, 3.63) is 89.2 Å². The van der Waals surface area contributed by atoms with Crippen LogP contribution in [0.1, 0.15) is 33.7 Å². The number of hydrogen-bond acceptors (Lipinski definition) is 4. The molecule has 0 unspecified atom stereocenters. The highest BCUT2D eigenvalue weighted by molar-refractivity contribution is 5.94. The van der Waals surface area contributed by atoms with Crippen molar-refractivity contribution in [2.75, 3.05) is 20.3 Å². The van der Waals surface area contributed by atoms with E-state index in [0.29, 0.717) is 25.1 Å². The Morgan fingerprint density at radius 1 is 1.00 bits per heavy atom. The Kier molecular flexibility index (Phi) is 7.48. The first-order valence-electron chi connectivity index (χ1n) is 11.6. The van der Waals surface area contributed by atoms with Crippen molar-refractivity contribution < 1.29 is 14.3 Å². The minimum atomic E-state index is -0.104. The van der Waals surface area contributed by atoms with Gasteiger partial charge in [-0.1, -0.05) is 24.3 Å². The maximum atomic E-state index is 12.5. The molecular formula is C28H31N3O3. The number of aromatic nitrogens is 2. The number of nitrogens with one attached hydrogen (secondary N) is 1. The Bertz CT molecular complexity index is 1260. The van der Waals surface area contributed by atoms with Gasteiger partial charge in [-0.25, -0.2) is 4.98 Å². The van der Waals surface area contributed by atoms with E-state index in [-0.39, 0.29) is 5.91 Å². The summed E-state index contributed by atoms with van der Waals surface area (Å²) in [4.78, 5) is 17.3. The molecule has 3 aromatic carbocycles. The van der Waals surface area contributed by atoms with Crippen molar-refractivity contribution in [2.45, 2.75) is 33.2 Å². The van der Waals surface area contributed by atoms with Crippen LogP contribution in [0.4, 0.5) is 0 Å². The number of benzene rings is 3. The minimum absolute atomic E-state index is 0.104. The van der Waals surface area contributed by atoms with E-state index in [1.807, 2.05) is 30.3 Å². The van der Waals surface area contributed by atoms with Gasteiger partial charge in [0.25, 0.3) is 5.91 Å². The molecule has 0 aliphatic heterocycles. The number of amides is 1. The van der Waals surface area contributed by atoms with Crippen LogP contribution in [0.3, 0.4) is 0 Å². The molecule has 4 aromatic rings. The third-order valence-corrected chi connectivity index (χ3v) is 6.06. The zero-order valence-electron chi connectivity index (χ0n) is 20.0. The van der Waals surface area contributed by atoms with Crippen molar-refractivity contribution in [1.82, 2.24) is 14.9 Å². The Morgan fingerprint density at radius 3 is 2.59 bits per heavy atom. The number of imidazole rings is 1. The molecule has 0 saturated heterocycles. The molecule has 0 aliphatic rings. The predicted molar refractivity (Wildman–Crippen MR) is 135 cm³/mol. The lowest BCUT2D eigenvalue weighted by Gasteiger charge is -2.13. The monoisotopic (exact) mass is 457 g/mol. The molecule has 1 aromatic heterocycles. The van der Waals surface area contributed by atoms with Crippen molar-refractivity contribution in [2.24, 2.45) is 0 Å². The Labute approximate surface area is 200 Å². The summed E-state index contributed by atoms with van der Waals surface area (Å²) in [5.41, 5.74) is 5.10. The minimum Gasteiger partial charge on any atom is -0.497 e. The first-order chi connectivity index (χ1) is 16.6.